The molecule has 20 heavy (non-hydrogen) atoms. The molecule has 0 radical (unpaired) electrons. The minimum Gasteiger partial charge on any atom is -0.497 e. The second kappa shape index (κ2) is 7.43. The quantitative estimate of drug-likeness (QED) is 0.670. The van der Waals surface area contributed by atoms with Crippen molar-refractivity contribution in [2.45, 2.75) is 13.0 Å². The highest BCUT2D eigenvalue weighted by Crippen LogP contribution is 2.31. The maximum atomic E-state index is 5.33. The van der Waals surface area contributed by atoms with E-state index in [4.69, 9.17) is 4.74 Å². The molecule has 0 fully saturated rings. The molecule has 1 atom stereocenters. The molecule has 2 nitrogen and oxygen atoms in total. The number of benzene rings is 2. The van der Waals surface area contributed by atoms with Crippen molar-refractivity contribution in [1.29, 1.82) is 0 Å². The Morgan fingerprint density at radius 1 is 1.25 bits per heavy atom. The van der Waals surface area contributed by atoms with Gasteiger partial charge in [0.1, 0.15) is 5.75 Å². The molecule has 0 amide bonds. The number of rotatable bonds is 5. The van der Waals surface area contributed by atoms with Crippen LogP contribution in [0.15, 0.2) is 46.9 Å². The summed E-state index contributed by atoms with van der Waals surface area (Å²) in [6.07, 6.45) is 0. The second-order valence-corrected chi connectivity index (χ2v) is 6.53. The zero-order valence-electron chi connectivity index (χ0n) is 11.5. The van der Waals surface area contributed by atoms with Crippen LogP contribution in [0.3, 0.4) is 0 Å². The molecule has 0 heterocycles. The van der Waals surface area contributed by atoms with Crippen LogP contribution in [0.4, 0.5) is 0 Å². The molecule has 1 N–H and O–H groups in total. The largest absolute Gasteiger partial charge is 0.497 e. The van der Waals surface area contributed by atoms with Crippen LogP contribution >= 0.6 is 38.5 Å². The Hall–Kier alpha value is -0.590. The Morgan fingerprint density at radius 2 is 2.05 bits per heavy atom. The van der Waals surface area contributed by atoms with E-state index in [0.717, 1.165) is 16.8 Å². The third-order valence-electron chi connectivity index (χ3n) is 3.10. The van der Waals surface area contributed by atoms with Crippen LogP contribution in [0.2, 0.25) is 0 Å². The molecule has 4 heteroatoms. The Balaban J connectivity index is 2.46. The summed E-state index contributed by atoms with van der Waals surface area (Å²) in [5.41, 5.74) is 2.45. The van der Waals surface area contributed by atoms with Gasteiger partial charge in [-0.1, -0.05) is 35.0 Å². The van der Waals surface area contributed by atoms with Crippen molar-refractivity contribution in [2.75, 3.05) is 13.7 Å². The van der Waals surface area contributed by atoms with Gasteiger partial charge in [-0.15, -0.1) is 0 Å². The second-order valence-electron chi connectivity index (χ2n) is 4.43. The molecule has 106 valence electrons. The molecule has 2 rings (SSSR count). The van der Waals surface area contributed by atoms with E-state index in [1.165, 1.54) is 14.7 Å². The number of halogens is 2. The van der Waals surface area contributed by atoms with Crippen LogP contribution < -0.4 is 10.1 Å². The summed E-state index contributed by atoms with van der Waals surface area (Å²) >= 11 is 6.00. The van der Waals surface area contributed by atoms with Crippen LogP contribution in [-0.4, -0.2) is 13.7 Å². The van der Waals surface area contributed by atoms with Crippen molar-refractivity contribution in [3.63, 3.8) is 0 Å². The highest BCUT2D eigenvalue weighted by atomic mass is 127. The van der Waals surface area contributed by atoms with E-state index in [-0.39, 0.29) is 6.04 Å². The summed E-state index contributed by atoms with van der Waals surface area (Å²) < 4.78 is 7.68. The van der Waals surface area contributed by atoms with E-state index in [2.05, 4.69) is 81.1 Å². The Bertz CT molecular complexity index is 588. The molecule has 1 unspecified atom stereocenters. The monoisotopic (exact) mass is 445 g/mol. The van der Waals surface area contributed by atoms with E-state index in [9.17, 15) is 0 Å². The average molecular weight is 446 g/mol. The number of methoxy groups -OCH3 is 1. The van der Waals surface area contributed by atoms with Gasteiger partial charge in [-0.25, -0.2) is 0 Å². The number of hydrogen-bond donors (Lipinski definition) is 1. The highest BCUT2D eigenvalue weighted by molar-refractivity contribution is 14.1. The smallest absolute Gasteiger partial charge is 0.119 e. The molecule has 2 aromatic carbocycles. The minimum absolute atomic E-state index is 0.152. The first-order valence-electron chi connectivity index (χ1n) is 6.48. The van der Waals surface area contributed by atoms with Crippen molar-refractivity contribution >= 4 is 38.5 Å². The van der Waals surface area contributed by atoms with Crippen molar-refractivity contribution in [2.24, 2.45) is 0 Å². The van der Waals surface area contributed by atoms with Crippen LogP contribution in [0.1, 0.15) is 24.1 Å². The van der Waals surface area contributed by atoms with Gasteiger partial charge in [0.05, 0.1) is 13.2 Å². The molecule has 0 aliphatic rings. The molecule has 2 aromatic rings. The SMILES string of the molecule is CCNC(c1cccc(OC)c1)c1cc(I)ccc1Br. The van der Waals surface area contributed by atoms with Gasteiger partial charge in [-0.05, 0) is 70.6 Å². The fraction of sp³-hybridized carbons (Fsp3) is 0.250. The van der Waals surface area contributed by atoms with Crippen LogP contribution in [0.25, 0.3) is 0 Å². The molecule has 0 saturated heterocycles. The molecule has 0 aromatic heterocycles. The highest BCUT2D eigenvalue weighted by Gasteiger charge is 2.16. The Morgan fingerprint density at radius 3 is 2.75 bits per heavy atom. The van der Waals surface area contributed by atoms with Crippen LogP contribution in [-0.2, 0) is 0 Å². The normalized spacial score (nSPS) is 12.2. The maximum Gasteiger partial charge on any atom is 0.119 e. The van der Waals surface area contributed by atoms with Gasteiger partial charge < -0.3 is 10.1 Å². The fourth-order valence-corrected chi connectivity index (χ4v) is 3.16. The molecule has 0 spiro atoms. The van der Waals surface area contributed by atoms with E-state index < -0.39 is 0 Å². The first-order chi connectivity index (χ1) is 9.65. The van der Waals surface area contributed by atoms with Gasteiger partial charge >= 0.3 is 0 Å². The topological polar surface area (TPSA) is 21.3 Å². The lowest BCUT2D eigenvalue weighted by molar-refractivity contribution is 0.413. The van der Waals surface area contributed by atoms with Crippen molar-refractivity contribution < 1.29 is 4.74 Å². The van der Waals surface area contributed by atoms with Crippen LogP contribution in [0, 0.1) is 3.57 Å². The number of hydrogen-bond acceptors (Lipinski definition) is 2. The van der Waals surface area contributed by atoms with Gasteiger partial charge in [0.15, 0.2) is 0 Å². The molecule has 0 aliphatic carbocycles. The van der Waals surface area contributed by atoms with Crippen molar-refractivity contribution in [1.82, 2.24) is 5.32 Å². The maximum absolute atomic E-state index is 5.33. The van der Waals surface area contributed by atoms with E-state index in [0.29, 0.717) is 0 Å². The van der Waals surface area contributed by atoms with Gasteiger partial charge in [-0.3, -0.25) is 0 Å². The van der Waals surface area contributed by atoms with Crippen LogP contribution in [0.5, 0.6) is 5.75 Å². The van der Waals surface area contributed by atoms with Gasteiger partial charge in [0.25, 0.3) is 0 Å². The minimum atomic E-state index is 0.152. The lowest BCUT2D eigenvalue weighted by atomic mass is 9.98. The first-order valence-corrected chi connectivity index (χ1v) is 8.35. The molecule has 0 aliphatic heterocycles. The van der Waals surface area contributed by atoms with E-state index in [1.807, 2.05) is 12.1 Å². The first kappa shape index (κ1) is 15.8. The van der Waals surface area contributed by atoms with Gasteiger partial charge in [0.2, 0.25) is 0 Å². The lowest BCUT2D eigenvalue weighted by Crippen LogP contribution is -2.22. The Labute approximate surface area is 142 Å². The van der Waals surface area contributed by atoms with E-state index >= 15 is 0 Å². The molecule has 0 bridgehead atoms. The van der Waals surface area contributed by atoms with E-state index in [1.54, 1.807) is 7.11 Å². The number of nitrogens with one attached hydrogen (secondary N) is 1. The predicted octanol–water partition coefficient (Wildman–Crippen LogP) is 4.76. The summed E-state index contributed by atoms with van der Waals surface area (Å²) in [4.78, 5) is 0. The summed E-state index contributed by atoms with van der Waals surface area (Å²) in [7, 11) is 1.70. The summed E-state index contributed by atoms with van der Waals surface area (Å²) in [6.45, 7) is 3.02. The van der Waals surface area contributed by atoms with Gasteiger partial charge in [-0.2, -0.15) is 0 Å². The third-order valence-corrected chi connectivity index (χ3v) is 4.50. The number of ether oxygens (including phenoxy) is 1. The third kappa shape index (κ3) is 3.74. The zero-order chi connectivity index (χ0) is 14.5. The standard InChI is InChI=1S/C16H17BrINO/c1-3-19-16(11-5-4-6-13(9-11)20-2)14-10-12(18)7-8-15(14)17/h4-10,16,19H,3H2,1-2H3. The molecular weight excluding hydrogens is 429 g/mol. The molecule has 0 saturated carbocycles. The summed E-state index contributed by atoms with van der Waals surface area (Å²) in [6, 6.07) is 14.8. The van der Waals surface area contributed by atoms with Crippen molar-refractivity contribution in [3.05, 3.63) is 61.6 Å². The average Bonchev–Trinajstić information content (AvgIpc) is 2.47. The molecular formula is C16H17BrINO. The predicted molar refractivity (Wildman–Crippen MR) is 95.4 cm³/mol. The van der Waals surface area contributed by atoms with Crippen molar-refractivity contribution in [3.8, 4) is 5.75 Å². The summed E-state index contributed by atoms with van der Waals surface area (Å²) in [5.74, 6) is 0.882. The lowest BCUT2D eigenvalue weighted by Gasteiger charge is -2.21. The summed E-state index contributed by atoms with van der Waals surface area (Å²) in [5, 5.41) is 3.55. The van der Waals surface area contributed by atoms with Gasteiger partial charge in [0, 0.05) is 8.04 Å². The Kier molecular flexibility index (Phi) is 5.86. The fourth-order valence-electron chi connectivity index (χ4n) is 2.17. The zero-order valence-corrected chi connectivity index (χ0v) is 15.2.